The minimum Gasteiger partial charge on any atom is -0.497 e. The summed E-state index contributed by atoms with van der Waals surface area (Å²) in [4.78, 5) is 0. The molecule has 0 fully saturated rings. The Hall–Kier alpha value is -1.80. The molecule has 1 N–H and O–H groups in total. The molecule has 0 radical (unpaired) electrons. The number of ether oxygens (including phenoxy) is 1. The number of benzene rings is 2. The van der Waals surface area contributed by atoms with Crippen LogP contribution in [0.4, 0.5) is 0 Å². The smallest absolute Gasteiger partial charge is 0.119 e. The highest BCUT2D eigenvalue weighted by Gasteiger charge is 2.21. The highest BCUT2D eigenvalue weighted by Crippen LogP contribution is 2.30. The molecule has 0 saturated heterocycles. The van der Waals surface area contributed by atoms with E-state index < -0.39 is 0 Å². The Balaban J connectivity index is 2.02. The molecule has 2 heteroatoms. The van der Waals surface area contributed by atoms with Crippen molar-refractivity contribution < 1.29 is 4.74 Å². The molecule has 1 atom stereocenters. The Morgan fingerprint density at radius 1 is 1.11 bits per heavy atom. The van der Waals surface area contributed by atoms with E-state index in [0.29, 0.717) is 6.04 Å². The lowest BCUT2D eigenvalue weighted by molar-refractivity contribution is 0.413. The van der Waals surface area contributed by atoms with Crippen molar-refractivity contribution in [2.45, 2.75) is 12.5 Å². The Morgan fingerprint density at radius 3 is 2.72 bits per heavy atom. The minimum atomic E-state index is 0.306. The van der Waals surface area contributed by atoms with Gasteiger partial charge in [0.15, 0.2) is 0 Å². The largest absolute Gasteiger partial charge is 0.497 e. The lowest BCUT2D eigenvalue weighted by Crippen LogP contribution is -2.30. The first-order valence-corrected chi connectivity index (χ1v) is 6.33. The zero-order valence-electron chi connectivity index (χ0n) is 10.5. The van der Waals surface area contributed by atoms with Gasteiger partial charge in [-0.1, -0.05) is 36.4 Å². The fourth-order valence-corrected chi connectivity index (χ4v) is 2.61. The Labute approximate surface area is 108 Å². The number of methoxy groups -OCH3 is 1. The van der Waals surface area contributed by atoms with E-state index in [9.17, 15) is 0 Å². The summed E-state index contributed by atoms with van der Waals surface area (Å²) in [5, 5.41) is 3.59. The SMILES string of the molecule is COc1ccc2c(c1)CCN[C@H]2c1ccccc1. The molecule has 3 rings (SSSR count). The molecule has 18 heavy (non-hydrogen) atoms. The third kappa shape index (κ3) is 2.00. The predicted molar refractivity (Wildman–Crippen MR) is 73.0 cm³/mol. The minimum absolute atomic E-state index is 0.306. The molecule has 0 aromatic heterocycles. The van der Waals surface area contributed by atoms with Crippen LogP contribution >= 0.6 is 0 Å². The van der Waals surface area contributed by atoms with Crippen molar-refractivity contribution in [3.63, 3.8) is 0 Å². The topological polar surface area (TPSA) is 21.3 Å². The van der Waals surface area contributed by atoms with Crippen molar-refractivity contribution >= 4 is 0 Å². The zero-order chi connectivity index (χ0) is 12.4. The molecule has 1 aliphatic heterocycles. The predicted octanol–water partition coefficient (Wildman–Crippen LogP) is 2.93. The van der Waals surface area contributed by atoms with Crippen LogP contribution in [0.5, 0.6) is 5.75 Å². The molecular formula is C16H17NO. The fourth-order valence-electron chi connectivity index (χ4n) is 2.61. The molecule has 1 aliphatic rings. The molecule has 0 unspecified atom stereocenters. The van der Waals surface area contributed by atoms with Crippen LogP contribution in [-0.4, -0.2) is 13.7 Å². The second-order valence-electron chi connectivity index (χ2n) is 4.61. The van der Waals surface area contributed by atoms with Gasteiger partial charge in [-0.05, 0) is 35.2 Å². The zero-order valence-corrected chi connectivity index (χ0v) is 10.5. The monoisotopic (exact) mass is 239 g/mol. The van der Waals surface area contributed by atoms with Crippen molar-refractivity contribution in [3.05, 3.63) is 65.2 Å². The summed E-state index contributed by atoms with van der Waals surface area (Å²) in [5.74, 6) is 0.947. The highest BCUT2D eigenvalue weighted by molar-refractivity contribution is 5.43. The second kappa shape index (κ2) is 4.83. The normalized spacial score (nSPS) is 18.2. The number of rotatable bonds is 2. The summed E-state index contributed by atoms with van der Waals surface area (Å²) in [6.45, 7) is 1.01. The van der Waals surface area contributed by atoms with Crippen LogP contribution in [0.25, 0.3) is 0 Å². The fraction of sp³-hybridized carbons (Fsp3) is 0.250. The maximum absolute atomic E-state index is 5.30. The van der Waals surface area contributed by atoms with E-state index in [4.69, 9.17) is 4.74 Å². The Morgan fingerprint density at radius 2 is 1.94 bits per heavy atom. The van der Waals surface area contributed by atoms with Crippen molar-refractivity contribution in [2.75, 3.05) is 13.7 Å². The van der Waals surface area contributed by atoms with Crippen molar-refractivity contribution in [1.82, 2.24) is 5.32 Å². The summed E-state index contributed by atoms with van der Waals surface area (Å²) in [5.41, 5.74) is 4.08. The standard InChI is InChI=1S/C16H17NO/c1-18-14-7-8-15-13(11-14)9-10-17-16(15)12-5-3-2-4-6-12/h2-8,11,16-17H,9-10H2,1H3/t16-/m0/s1. The molecule has 2 aromatic carbocycles. The molecule has 0 saturated carbocycles. The second-order valence-corrected chi connectivity index (χ2v) is 4.61. The van der Waals surface area contributed by atoms with Gasteiger partial charge in [0.05, 0.1) is 13.2 Å². The first-order chi connectivity index (χ1) is 8.88. The van der Waals surface area contributed by atoms with Crippen LogP contribution in [0.2, 0.25) is 0 Å². The lowest BCUT2D eigenvalue weighted by Gasteiger charge is -2.27. The van der Waals surface area contributed by atoms with Crippen molar-refractivity contribution in [3.8, 4) is 5.75 Å². The number of hydrogen-bond donors (Lipinski definition) is 1. The van der Waals surface area contributed by atoms with Gasteiger partial charge >= 0.3 is 0 Å². The van der Waals surface area contributed by atoms with Crippen LogP contribution in [0, 0.1) is 0 Å². The highest BCUT2D eigenvalue weighted by atomic mass is 16.5. The quantitative estimate of drug-likeness (QED) is 0.870. The Kier molecular flexibility index (Phi) is 3.03. The van der Waals surface area contributed by atoms with Crippen molar-refractivity contribution in [1.29, 1.82) is 0 Å². The van der Waals surface area contributed by atoms with Gasteiger partial charge in [-0.15, -0.1) is 0 Å². The summed E-state index contributed by atoms with van der Waals surface area (Å²) in [7, 11) is 1.72. The van der Waals surface area contributed by atoms with Crippen molar-refractivity contribution in [2.24, 2.45) is 0 Å². The average Bonchev–Trinajstić information content (AvgIpc) is 2.47. The van der Waals surface area contributed by atoms with Gasteiger partial charge < -0.3 is 10.1 Å². The first kappa shape index (κ1) is 11.3. The van der Waals surface area contributed by atoms with E-state index in [1.54, 1.807) is 7.11 Å². The van der Waals surface area contributed by atoms with Gasteiger partial charge in [-0.25, -0.2) is 0 Å². The molecule has 0 spiro atoms. The molecule has 2 nitrogen and oxygen atoms in total. The molecule has 0 aliphatic carbocycles. The molecule has 1 heterocycles. The van der Waals surface area contributed by atoms with E-state index in [-0.39, 0.29) is 0 Å². The van der Waals surface area contributed by atoms with Crippen LogP contribution in [0.3, 0.4) is 0 Å². The summed E-state index contributed by atoms with van der Waals surface area (Å²) < 4.78 is 5.30. The number of hydrogen-bond acceptors (Lipinski definition) is 2. The molecule has 2 aromatic rings. The van der Waals surface area contributed by atoms with Crippen LogP contribution < -0.4 is 10.1 Å². The van der Waals surface area contributed by atoms with Gasteiger partial charge in [0, 0.05) is 6.54 Å². The van der Waals surface area contributed by atoms with Gasteiger partial charge in [-0.3, -0.25) is 0 Å². The lowest BCUT2D eigenvalue weighted by atomic mass is 9.90. The summed E-state index contributed by atoms with van der Waals surface area (Å²) in [6.07, 6.45) is 1.07. The van der Waals surface area contributed by atoms with Gasteiger partial charge in [0.2, 0.25) is 0 Å². The van der Waals surface area contributed by atoms with Gasteiger partial charge in [0.1, 0.15) is 5.75 Å². The van der Waals surface area contributed by atoms with Crippen LogP contribution in [0.15, 0.2) is 48.5 Å². The van der Waals surface area contributed by atoms with E-state index in [1.807, 2.05) is 6.07 Å². The maximum atomic E-state index is 5.30. The van der Waals surface area contributed by atoms with E-state index in [2.05, 4.69) is 47.8 Å². The number of nitrogens with one attached hydrogen (secondary N) is 1. The van der Waals surface area contributed by atoms with E-state index >= 15 is 0 Å². The third-order valence-corrected chi connectivity index (χ3v) is 3.54. The molecular weight excluding hydrogens is 222 g/mol. The summed E-state index contributed by atoms with van der Waals surface area (Å²) >= 11 is 0. The third-order valence-electron chi connectivity index (χ3n) is 3.54. The van der Waals surface area contributed by atoms with Crippen LogP contribution in [0.1, 0.15) is 22.7 Å². The van der Waals surface area contributed by atoms with Crippen LogP contribution in [-0.2, 0) is 6.42 Å². The average molecular weight is 239 g/mol. The molecule has 92 valence electrons. The molecule has 0 bridgehead atoms. The summed E-state index contributed by atoms with van der Waals surface area (Å²) in [6, 6.07) is 17.3. The Bertz CT molecular complexity index is 536. The van der Waals surface area contributed by atoms with E-state index in [0.717, 1.165) is 18.7 Å². The first-order valence-electron chi connectivity index (χ1n) is 6.33. The molecule has 0 amide bonds. The van der Waals surface area contributed by atoms with E-state index in [1.165, 1.54) is 16.7 Å². The number of fused-ring (bicyclic) bond motifs is 1. The van der Waals surface area contributed by atoms with Gasteiger partial charge in [0.25, 0.3) is 0 Å². The maximum Gasteiger partial charge on any atom is 0.119 e. The van der Waals surface area contributed by atoms with Gasteiger partial charge in [-0.2, -0.15) is 0 Å².